The third-order valence-electron chi connectivity index (χ3n) is 3.64. The number of aromatic nitrogens is 2. The lowest BCUT2D eigenvalue weighted by Gasteiger charge is -2.14. The van der Waals surface area contributed by atoms with Gasteiger partial charge in [-0.2, -0.15) is 4.98 Å². The summed E-state index contributed by atoms with van der Waals surface area (Å²) in [5, 5.41) is 7.21. The summed E-state index contributed by atoms with van der Waals surface area (Å²) in [4.78, 5) is 16.5. The lowest BCUT2D eigenvalue weighted by molar-refractivity contribution is -0.127. The number of hydrogen-bond acceptors (Lipinski definition) is 5. The Kier molecular flexibility index (Phi) is 5.53. The van der Waals surface area contributed by atoms with Crippen LogP contribution in [0.1, 0.15) is 18.4 Å². The Labute approximate surface area is 156 Å². The van der Waals surface area contributed by atoms with Crippen LogP contribution in [0.3, 0.4) is 0 Å². The first-order valence-electron chi connectivity index (χ1n) is 8.11. The molecule has 1 aromatic heterocycles. The van der Waals surface area contributed by atoms with Crippen LogP contribution in [-0.2, 0) is 11.3 Å². The van der Waals surface area contributed by atoms with Crippen molar-refractivity contribution in [2.24, 2.45) is 0 Å². The van der Waals surface area contributed by atoms with Crippen molar-refractivity contribution in [2.45, 2.75) is 26.5 Å². The summed E-state index contributed by atoms with van der Waals surface area (Å²) in [6, 6.07) is 14.7. The monoisotopic (exact) mass is 371 g/mol. The SMILES string of the molecule is Cc1cccc(-c2noc(CNC(=O)C(C)Oc3cccc(Cl)c3)n2)c1. The maximum Gasteiger partial charge on any atom is 0.261 e. The molecule has 7 heteroatoms. The molecule has 1 heterocycles. The molecule has 0 bridgehead atoms. The van der Waals surface area contributed by atoms with Gasteiger partial charge in [-0.1, -0.05) is 46.6 Å². The Hall–Kier alpha value is -2.86. The number of nitrogens with one attached hydrogen (secondary N) is 1. The number of halogens is 1. The first-order valence-corrected chi connectivity index (χ1v) is 8.48. The predicted octanol–water partition coefficient (Wildman–Crippen LogP) is 3.78. The number of ether oxygens (including phenoxy) is 1. The zero-order valence-electron chi connectivity index (χ0n) is 14.4. The summed E-state index contributed by atoms with van der Waals surface area (Å²) >= 11 is 5.90. The summed E-state index contributed by atoms with van der Waals surface area (Å²) in [5.41, 5.74) is 1.97. The molecule has 6 nitrogen and oxygen atoms in total. The molecule has 0 aliphatic rings. The Balaban J connectivity index is 1.56. The Morgan fingerprint density at radius 3 is 2.85 bits per heavy atom. The second kappa shape index (κ2) is 8.01. The van der Waals surface area contributed by atoms with Gasteiger partial charge in [0, 0.05) is 10.6 Å². The molecule has 1 atom stereocenters. The highest BCUT2D eigenvalue weighted by molar-refractivity contribution is 6.30. The summed E-state index contributed by atoms with van der Waals surface area (Å²) in [6.45, 7) is 3.77. The van der Waals surface area contributed by atoms with Crippen LogP contribution >= 0.6 is 11.6 Å². The summed E-state index contributed by atoms with van der Waals surface area (Å²) in [7, 11) is 0. The van der Waals surface area contributed by atoms with Crippen molar-refractivity contribution in [1.82, 2.24) is 15.5 Å². The molecule has 1 N–H and O–H groups in total. The minimum absolute atomic E-state index is 0.126. The predicted molar refractivity (Wildman–Crippen MR) is 97.9 cm³/mol. The van der Waals surface area contributed by atoms with E-state index in [2.05, 4.69) is 15.5 Å². The lowest BCUT2D eigenvalue weighted by atomic mass is 10.1. The van der Waals surface area contributed by atoms with Gasteiger partial charge < -0.3 is 14.6 Å². The summed E-state index contributed by atoms with van der Waals surface area (Å²) < 4.78 is 10.8. The molecule has 0 aliphatic heterocycles. The fraction of sp³-hybridized carbons (Fsp3) is 0.211. The summed E-state index contributed by atoms with van der Waals surface area (Å²) in [6.07, 6.45) is -0.687. The van der Waals surface area contributed by atoms with Crippen molar-refractivity contribution in [3.63, 3.8) is 0 Å². The molecule has 0 spiro atoms. The minimum atomic E-state index is -0.687. The fourth-order valence-electron chi connectivity index (χ4n) is 2.33. The van der Waals surface area contributed by atoms with E-state index in [9.17, 15) is 4.79 Å². The molecule has 3 aromatic rings. The van der Waals surface area contributed by atoms with E-state index in [0.717, 1.165) is 11.1 Å². The van der Waals surface area contributed by atoms with Crippen LogP contribution in [0.25, 0.3) is 11.4 Å². The Bertz CT molecular complexity index is 910. The minimum Gasteiger partial charge on any atom is -0.481 e. The van der Waals surface area contributed by atoms with E-state index in [0.29, 0.717) is 22.5 Å². The van der Waals surface area contributed by atoms with Gasteiger partial charge in [0.1, 0.15) is 5.75 Å². The molecule has 0 radical (unpaired) electrons. The van der Waals surface area contributed by atoms with E-state index in [1.54, 1.807) is 31.2 Å². The van der Waals surface area contributed by atoms with Crippen LogP contribution in [0.4, 0.5) is 0 Å². The van der Waals surface area contributed by atoms with Gasteiger partial charge in [-0.05, 0) is 38.1 Å². The van der Waals surface area contributed by atoms with Crippen molar-refractivity contribution >= 4 is 17.5 Å². The quantitative estimate of drug-likeness (QED) is 0.713. The number of carbonyl (C=O) groups excluding carboxylic acids is 1. The van der Waals surface area contributed by atoms with Gasteiger partial charge in [0.15, 0.2) is 6.10 Å². The zero-order valence-corrected chi connectivity index (χ0v) is 15.2. The number of nitrogens with zero attached hydrogens (tertiary/aromatic N) is 2. The van der Waals surface area contributed by atoms with Crippen molar-refractivity contribution in [2.75, 3.05) is 0 Å². The highest BCUT2D eigenvalue weighted by Crippen LogP contribution is 2.19. The maximum absolute atomic E-state index is 12.2. The smallest absolute Gasteiger partial charge is 0.261 e. The Morgan fingerprint density at radius 2 is 2.08 bits per heavy atom. The number of amides is 1. The highest BCUT2D eigenvalue weighted by atomic mass is 35.5. The number of benzene rings is 2. The third-order valence-corrected chi connectivity index (χ3v) is 3.87. The van der Waals surface area contributed by atoms with Gasteiger partial charge >= 0.3 is 0 Å². The van der Waals surface area contributed by atoms with Gasteiger partial charge in [-0.15, -0.1) is 0 Å². The summed E-state index contributed by atoms with van der Waals surface area (Å²) in [5.74, 6) is 1.05. The molecule has 26 heavy (non-hydrogen) atoms. The van der Waals surface area contributed by atoms with E-state index in [-0.39, 0.29) is 12.5 Å². The van der Waals surface area contributed by atoms with Crippen molar-refractivity contribution < 1.29 is 14.1 Å². The van der Waals surface area contributed by atoms with Crippen molar-refractivity contribution in [3.8, 4) is 17.1 Å². The maximum atomic E-state index is 12.2. The van der Waals surface area contributed by atoms with Gasteiger partial charge in [0.05, 0.1) is 6.54 Å². The molecule has 0 saturated carbocycles. The second-order valence-electron chi connectivity index (χ2n) is 5.82. The molecular weight excluding hydrogens is 354 g/mol. The molecule has 1 amide bonds. The normalized spacial score (nSPS) is 11.8. The van der Waals surface area contributed by atoms with Gasteiger partial charge in [-0.25, -0.2) is 0 Å². The van der Waals surface area contributed by atoms with Crippen LogP contribution in [0.15, 0.2) is 53.1 Å². The van der Waals surface area contributed by atoms with Crippen LogP contribution in [0.5, 0.6) is 5.75 Å². The first-order chi connectivity index (χ1) is 12.5. The molecule has 2 aromatic carbocycles. The van der Waals surface area contributed by atoms with Gasteiger partial charge in [-0.3, -0.25) is 4.79 Å². The fourth-order valence-corrected chi connectivity index (χ4v) is 2.51. The number of hydrogen-bond donors (Lipinski definition) is 1. The lowest BCUT2D eigenvalue weighted by Crippen LogP contribution is -2.35. The average Bonchev–Trinajstić information content (AvgIpc) is 3.08. The molecule has 134 valence electrons. The van der Waals surface area contributed by atoms with Gasteiger partial charge in [0.25, 0.3) is 5.91 Å². The van der Waals surface area contributed by atoms with E-state index in [4.69, 9.17) is 20.9 Å². The molecule has 3 rings (SSSR count). The highest BCUT2D eigenvalue weighted by Gasteiger charge is 2.16. The third kappa shape index (κ3) is 4.61. The van der Waals surface area contributed by atoms with Crippen LogP contribution in [-0.4, -0.2) is 22.2 Å². The number of carbonyl (C=O) groups is 1. The van der Waals surface area contributed by atoms with Crippen molar-refractivity contribution in [3.05, 3.63) is 65.0 Å². The van der Waals surface area contributed by atoms with Crippen LogP contribution < -0.4 is 10.1 Å². The second-order valence-corrected chi connectivity index (χ2v) is 6.25. The van der Waals surface area contributed by atoms with Crippen LogP contribution in [0.2, 0.25) is 5.02 Å². The zero-order chi connectivity index (χ0) is 18.5. The topological polar surface area (TPSA) is 77.2 Å². The van der Waals surface area contributed by atoms with Crippen LogP contribution in [0, 0.1) is 6.92 Å². The molecule has 1 unspecified atom stereocenters. The van der Waals surface area contributed by atoms with E-state index in [1.165, 1.54) is 0 Å². The molecular formula is C19H18ClN3O3. The number of aryl methyl sites for hydroxylation is 1. The van der Waals surface area contributed by atoms with Crippen molar-refractivity contribution in [1.29, 1.82) is 0 Å². The van der Waals surface area contributed by atoms with Gasteiger partial charge in [0.2, 0.25) is 11.7 Å². The first kappa shape index (κ1) is 17.9. The average molecular weight is 372 g/mol. The largest absolute Gasteiger partial charge is 0.481 e. The number of rotatable bonds is 6. The van der Waals surface area contributed by atoms with E-state index >= 15 is 0 Å². The Morgan fingerprint density at radius 1 is 1.27 bits per heavy atom. The molecule has 0 aliphatic carbocycles. The molecule has 0 saturated heterocycles. The molecule has 0 fully saturated rings. The van der Waals surface area contributed by atoms with E-state index in [1.807, 2.05) is 31.2 Å². The van der Waals surface area contributed by atoms with E-state index < -0.39 is 6.10 Å². The standard InChI is InChI=1S/C19H18ClN3O3/c1-12-5-3-6-14(9-12)18-22-17(26-23-18)11-21-19(24)13(2)25-16-8-4-7-15(20)10-16/h3-10,13H,11H2,1-2H3,(H,21,24).